The lowest BCUT2D eigenvalue weighted by Crippen LogP contribution is -2.62. The maximum Gasteiger partial charge on any atom is 0.435 e. The van der Waals surface area contributed by atoms with E-state index in [1.165, 1.54) is 18.8 Å². The highest BCUT2D eigenvalue weighted by Crippen LogP contribution is 2.34. The number of likely N-dealkylation sites (N-methyl/N-ethyl adjacent to an activating group) is 1. The lowest BCUT2D eigenvalue weighted by Gasteiger charge is -2.35. The Hall–Kier alpha value is -2.59. The predicted octanol–water partition coefficient (Wildman–Crippen LogP) is 2.51. The standard InChI is InChI=1S/C19H25N3O6S/c1-18(2,3)28-17(25)22(26)19(11-14(23)27-5)15(20-21(4)16(19)24)12-7-9-13(29-6)10-8-12/h7-10,26H,11H2,1-6H3. The van der Waals surface area contributed by atoms with E-state index in [1.54, 1.807) is 32.9 Å². The van der Waals surface area contributed by atoms with Crippen LogP contribution >= 0.6 is 11.8 Å². The highest BCUT2D eigenvalue weighted by molar-refractivity contribution is 7.98. The summed E-state index contributed by atoms with van der Waals surface area (Å²) in [5.74, 6) is -1.56. The first-order chi connectivity index (χ1) is 13.5. The van der Waals surface area contributed by atoms with Crippen LogP contribution in [0.3, 0.4) is 0 Å². The third-order valence-electron chi connectivity index (χ3n) is 4.21. The molecule has 1 unspecified atom stereocenters. The molecule has 0 bridgehead atoms. The number of ether oxygens (including phenoxy) is 2. The Balaban J connectivity index is 2.61. The predicted molar refractivity (Wildman–Crippen MR) is 107 cm³/mol. The number of carbonyl (C=O) groups is 3. The quantitative estimate of drug-likeness (QED) is 0.335. The summed E-state index contributed by atoms with van der Waals surface area (Å²) in [6.45, 7) is 4.85. The summed E-state index contributed by atoms with van der Waals surface area (Å²) in [6, 6.07) is 7.02. The van der Waals surface area contributed by atoms with Gasteiger partial charge in [0.15, 0.2) is 0 Å². The van der Waals surface area contributed by atoms with Crippen LogP contribution in [0, 0.1) is 0 Å². The first-order valence-corrected chi connectivity index (χ1v) is 9.99. The van der Waals surface area contributed by atoms with Crippen molar-refractivity contribution in [3.8, 4) is 0 Å². The summed E-state index contributed by atoms with van der Waals surface area (Å²) in [4.78, 5) is 38.9. The Labute approximate surface area is 173 Å². The number of benzene rings is 1. The molecule has 0 radical (unpaired) electrons. The topological polar surface area (TPSA) is 109 Å². The molecule has 0 aliphatic carbocycles. The number of nitrogens with zero attached hydrogens (tertiary/aromatic N) is 3. The van der Waals surface area contributed by atoms with Crippen molar-refractivity contribution in [3.05, 3.63) is 29.8 Å². The number of thioether (sulfide) groups is 1. The van der Waals surface area contributed by atoms with Gasteiger partial charge in [0.2, 0.25) is 5.54 Å². The first-order valence-electron chi connectivity index (χ1n) is 8.77. The monoisotopic (exact) mass is 423 g/mol. The molecule has 158 valence electrons. The van der Waals surface area contributed by atoms with Gasteiger partial charge in [-0.05, 0) is 39.2 Å². The Morgan fingerprint density at radius 3 is 2.34 bits per heavy atom. The van der Waals surface area contributed by atoms with E-state index >= 15 is 0 Å². The molecule has 1 aliphatic heterocycles. The lowest BCUT2D eigenvalue weighted by molar-refractivity contribution is -0.172. The molecule has 2 rings (SSSR count). The summed E-state index contributed by atoms with van der Waals surface area (Å²) in [5.41, 5.74) is -2.55. The van der Waals surface area contributed by atoms with Crippen LogP contribution in [0.4, 0.5) is 4.79 Å². The first kappa shape index (κ1) is 22.7. The van der Waals surface area contributed by atoms with Crippen LogP contribution in [0.1, 0.15) is 32.8 Å². The second-order valence-corrected chi connectivity index (χ2v) is 8.29. The third-order valence-corrected chi connectivity index (χ3v) is 4.95. The average Bonchev–Trinajstić information content (AvgIpc) is 2.91. The van der Waals surface area contributed by atoms with Gasteiger partial charge in [-0.1, -0.05) is 12.1 Å². The van der Waals surface area contributed by atoms with Crippen molar-refractivity contribution >= 4 is 35.4 Å². The number of methoxy groups -OCH3 is 1. The van der Waals surface area contributed by atoms with Crippen molar-refractivity contribution in [1.82, 2.24) is 10.1 Å². The lowest BCUT2D eigenvalue weighted by atomic mass is 9.84. The molecular formula is C19H25N3O6S. The molecule has 9 nitrogen and oxygen atoms in total. The third kappa shape index (κ3) is 4.54. The molecule has 1 atom stereocenters. The molecule has 1 aliphatic rings. The minimum Gasteiger partial charge on any atom is -0.469 e. The Kier molecular flexibility index (Phi) is 6.59. The van der Waals surface area contributed by atoms with Gasteiger partial charge in [-0.2, -0.15) is 10.2 Å². The van der Waals surface area contributed by atoms with Gasteiger partial charge in [-0.15, -0.1) is 11.8 Å². The van der Waals surface area contributed by atoms with Crippen LogP contribution in [-0.4, -0.2) is 70.5 Å². The summed E-state index contributed by atoms with van der Waals surface area (Å²) in [7, 11) is 2.53. The van der Waals surface area contributed by atoms with Crippen LogP contribution in [0.25, 0.3) is 0 Å². The maximum atomic E-state index is 13.1. The number of hydrogen-bond donors (Lipinski definition) is 1. The van der Waals surface area contributed by atoms with E-state index in [1.807, 2.05) is 18.4 Å². The molecule has 1 aromatic rings. The second kappa shape index (κ2) is 8.42. The van der Waals surface area contributed by atoms with Crippen LogP contribution in [0.2, 0.25) is 0 Å². The van der Waals surface area contributed by atoms with E-state index in [4.69, 9.17) is 9.47 Å². The van der Waals surface area contributed by atoms with Gasteiger partial charge in [0.1, 0.15) is 11.3 Å². The number of hydrazone groups is 1. The molecule has 1 heterocycles. The van der Waals surface area contributed by atoms with Gasteiger partial charge in [0.25, 0.3) is 5.91 Å². The molecule has 0 saturated heterocycles. The zero-order valence-corrected chi connectivity index (χ0v) is 18.1. The molecule has 10 heteroatoms. The van der Waals surface area contributed by atoms with Crippen LogP contribution in [-0.2, 0) is 19.1 Å². The largest absolute Gasteiger partial charge is 0.469 e. The van der Waals surface area contributed by atoms with Crippen molar-refractivity contribution in [3.63, 3.8) is 0 Å². The Bertz CT molecular complexity index is 833. The summed E-state index contributed by atoms with van der Waals surface area (Å²) < 4.78 is 9.93. The van der Waals surface area contributed by atoms with Crippen LogP contribution in [0.5, 0.6) is 0 Å². The fourth-order valence-electron chi connectivity index (χ4n) is 2.86. The molecule has 1 N–H and O–H groups in total. The van der Waals surface area contributed by atoms with Gasteiger partial charge >= 0.3 is 12.1 Å². The molecule has 0 spiro atoms. The van der Waals surface area contributed by atoms with Gasteiger partial charge in [-0.25, -0.2) is 9.80 Å². The van der Waals surface area contributed by atoms with E-state index in [0.29, 0.717) is 5.56 Å². The molecule has 0 fully saturated rings. The Morgan fingerprint density at radius 2 is 1.86 bits per heavy atom. The van der Waals surface area contributed by atoms with Gasteiger partial charge in [-0.3, -0.25) is 14.8 Å². The second-order valence-electron chi connectivity index (χ2n) is 7.41. The number of carbonyl (C=O) groups excluding carboxylic acids is 3. The fourth-order valence-corrected chi connectivity index (χ4v) is 3.27. The number of amides is 2. The molecular weight excluding hydrogens is 398 g/mol. The summed E-state index contributed by atoms with van der Waals surface area (Å²) >= 11 is 1.53. The van der Waals surface area contributed by atoms with Gasteiger partial charge in [0.05, 0.1) is 13.5 Å². The van der Waals surface area contributed by atoms with E-state index < -0.39 is 35.5 Å². The molecule has 0 saturated carbocycles. The number of hydrogen-bond acceptors (Lipinski definition) is 8. The zero-order valence-electron chi connectivity index (χ0n) is 17.3. The van der Waals surface area contributed by atoms with E-state index in [-0.39, 0.29) is 10.8 Å². The van der Waals surface area contributed by atoms with Crippen molar-refractivity contribution in [1.29, 1.82) is 0 Å². The number of esters is 1. The summed E-state index contributed by atoms with van der Waals surface area (Å²) in [6.07, 6.45) is 0.100. The van der Waals surface area contributed by atoms with Crippen LogP contribution < -0.4 is 0 Å². The normalized spacial score (nSPS) is 19.1. The molecule has 2 amide bonds. The maximum absolute atomic E-state index is 13.1. The van der Waals surface area contributed by atoms with E-state index in [9.17, 15) is 19.6 Å². The molecule has 29 heavy (non-hydrogen) atoms. The molecule has 0 aromatic heterocycles. The van der Waals surface area contributed by atoms with Crippen molar-refractivity contribution < 1.29 is 29.1 Å². The fraction of sp³-hybridized carbons (Fsp3) is 0.474. The van der Waals surface area contributed by atoms with Crippen molar-refractivity contribution in [2.75, 3.05) is 20.4 Å². The van der Waals surface area contributed by atoms with Crippen LogP contribution in [0.15, 0.2) is 34.3 Å². The highest BCUT2D eigenvalue weighted by Gasteiger charge is 2.59. The molecule has 1 aromatic carbocycles. The number of hydroxylamine groups is 2. The highest BCUT2D eigenvalue weighted by atomic mass is 32.2. The zero-order chi connectivity index (χ0) is 22.0. The SMILES string of the molecule is COC(=O)CC1(N(O)C(=O)OC(C)(C)C)C(=O)N(C)N=C1c1ccc(SC)cc1. The van der Waals surface area contributed by atoms with Crippen molar-refractivity contribution in [2.45, 2.75) is 43.2 Å². The minimum absolute atomic E-state index is 0.0383. The van der Waals surface area contributed by atoms with Crippen molar-refractivity contribution in [2.24, 2.45) is 5.10 Å². The van der Waals surface area contributed by atoms with Gasteiger partial charge < -0.3 is 9.47 Å². The minimum atomic E-state index is -2.12. The van der Waals surface area contributed by atoms with Gasteiger partial charge in [0, 0.05) is 17.5 Å². The smallest absolute Gasteiger partial charge is 0.435 e. The summed E-state index contributed by atoms with van der Waals surface area (Å²) in [5, 5.41) is 16.1. The van der Waals surface area contributed by atoms with E-state index in [2.05, 4.69) is 5.10 Å². The number of rotatable bonds is 5. The Morgan fingerprint density at radius 1 is 1.28 bits per heavy atom. The average molecular weight is 423 g/mol. The van der Waals surface area contributed by atoms with E-state index in [0.717, 1.165) is 17.0 Å².